The van der Waals surface area contributed by atoms with E-state index in [-0.39, 0.29) is 5.56 Å². The molecule has 0 bridgehead atoms. The topological polar surface area (TPSA) is 50.2 Å². The van der Waals surface area contributed by atoms with E-state index in [4.69, 9.17) is 0 Å². The fourth-order valence-electron chi connectivity index (χ4n) is 1.97. The van der Waals surface area contributed by atoms with E-state index >= 15 is 0 Å². The average molecular weight is 259 g/mol. The molecule has 3 heterocycles. The molecule has 3 aromatic heterocycles. The van der Waals surface area contributed by atoms with Crippen LogP contribution in [-0.2, 0) is 0 Å². The van der Waals surface area contributed by atoms with Gasteiger partial charge in [-0.2, -0.15) is 0 Å². The molecule has 0 aliphatic carbocycles. The first-order valence-electron chi connectivity index (χ1n) is 5.82. The number of rotatable bonds is 2. The van der Waals surface area contributed by atoms with Crippen molar-refractivity contribution >= 4 is 17.0 Å². The molecule has 3 aromatic rings. The van der Waals surface area contributed by atoms with Crippen molar-refractivity contribution in [1.82, 2.24) is 14.6 Å². The summed E-state index contributed by atoms with van der Waals surface area (Å²) in [4.78, 5) is 17.6. The summed E-state index contributed by atoms with van der Waals surface area (Å²) in [5, 5.41) is 4.94. The van der Waals surface area contributed by atoms with Crippen LogP contribution in [-0.4, -0.2) is 14.6 Å². The Morgan fingerprint density at radius 1 is 1.44 bits per heavy atom. The largest absolute Gasteiger partial charge is 0.297 e. The monoisotopic (exact) mass is 259 g/mol. The molecule has 0 saturated carbocycles. The van der Waals surface area contributed by atoms with E-state index in [9.17, 15) is 4.79 Å². The summed E-state index contributed by atoms with van der Waals surface area (Å²) in [7, 11) is 0. The minimum Gasteiger partial charge on any atom is -0.297 e. The Balaban J connectivity index is 2.31. The predicted molar refractivity (Wildman–Crippen MR) is 73.2 cm³/mol. The molecule has 3 rings (SSSR count). The molecule has 0 spiro atoms. The van der Waals surface area contributed by atoms with Gasteiger partial charge in [-0.25, -0.2) is 9.50 Å². The van der Waals surface area contributed by atoms with Crippen LogP contribution in [0.5, 0.6) is 0 Å². The second kappa shape index (κ2) is 4.10. The quantitative estimate of drug-likeness (QED) is 0.769. The molecule has 0 unspecified atom stereocenters. The Kier molecular flexibility index (Phi) is 2.56. The highest BCUT2D eigenvalue weighted by Gasteiger charge is 2.12. The Morgan fingerprint density at radius 2 is 2.28 bits per heavy atom. The van der Waals surface area contributed by atoms with E-state index in [0.717, 1.165) is 21.8 Å². The zero-order chi connectivity index (χ0) is 12.7. The van der Waals surface area contributed by atoms with Gasteiger partial charge in [0.2, 0.25) is 0 Å². The van der Waals surface area contributed by atoms with Crippen LogP contribution in [0.4, 0.5) is 0 Å². The lowest BCUT2D eigenvalue weighted by Crippen LogP contribution is -2.14. The summed E-state index contributed by atoms with van der Waals surface area (Å²) in [6.07, 6.45) is 1.85. The first kappa shape index (κ1) is 11.2. The van der Waals surface area contributed by atoms with Crippen molar-refractivity contribution in [3.05, 3.63) is 45.7 Å². The highest BCUT2D eigenvalue weighted by molar-refractivity contribution is 7.13. The highest BCUT2D eigenvalue weighted by atomic mass is 32.1. The second-order valence-electron chi connectivity index (χ2n) is 4.50. The molecule has 92 valence electrons. The van der Waals surface area contributed by atoms with Gasteiger partial charge >= 0.3 is 0 Å². The van der Waals surface area contributed by atoms with Crippen LogP contribution in [0.2, 0.25) is 0 Å². The molecular formula is C13H13N3OS. The summed E-state index contributed by atoms with van der Waals surface area (Å²) in [5.74, 6) is 0.330. The number of H-pyrrole nitrogens is 1. The maximum absolute atomic E-state index is 12.0. The number of aromatic amines is 1. The molecule has 0 saturated heterocycles. The van der Waals surface area contributed by atoms with E-state index in [2.05, 4.69) is 23.9 Å². The Labute approximate surface area is 108 Å². The Bertz CT molecular complexity index is 737. The third-order valence-corrected chi connectivity index (χ3v) is 3.81. The van der Waals surface area contributed by atoms with Crippen molar-refractivity contribution in [1.29, 1.82) is 0 Å². The second-order valence-corrected chi connectivity index (χ2v) is 5.45. The number of nitrogens with zero attached hydrogens (tertiary/aromatic N) is 2. The third-order valence-electron chi connectivity index (χ3n) is 2.92. The van der Waals surface area contributed by atoms with Crippen LogP contribution in [0, 0.1) is 0 Å². The van der Waals surface area contributed by atoms with Gasteiger partial charge in [-0.05, 0) is 17.4 Å². The van der Waals surface area contributed by atoms with Crippen LogP contribution in [0.15, 0.2) is 34.6 Å². The van der Waals surface area contributed by atoms with Crippen molar-refractivity contribution in [3.63, 3.8) is 0 Å². The van der Waals surface area contributed by atoms with Crippen LogP contribution >= 0.6 is 11.3 Å². The number of hydrogen-bond donors (Lipinski definition) is 1. The standard InChI is InChI=1S/C13H13N3OS/c1-8(2)9-7-14-16-12(17)6-10(15-13(9)16)11-4-3-5-18-11/h3-8,14H,1-2H3. The SMILES string of the molecule is CC(C)c1c[nH]n2c(=O)cc(-c3cccs3)nc12. The van der Waals surface area contributed by atoms with E-state index in [1.165, 1.54) is 4.52 Å². The number of aromatic nitrogens is 3. The maximum atomic E-state index is 12.0. The lowest BCUT2D eigenvalue weighted by molar-refractivity contribution is 0.870. The smallest absolute Gasteiger partial charge is 0.273 e. The van der Waals surface area contributed by atoms with Gasteiger partial charge < -0.3 is 0 Å². The molecular weight excluding hydrogens is 246 g/mol. The van der Waals surface area contributed by atoms with E-state index in [1.807, 2.05) is 23.7 Å². The minimum atomic E-state index is -0.0738. The van der Waals surface area contributed by atoms with Gasteiger partial charge in [-0.3, -0.25) is 9.89 Å². The summed E-state index contributed by atoms with van der Waals surface area (Å²) in [6, 6.07) is 5.51. The van der Waals surface area contributed by atoms with Crippen molar-refractivity contribution in [2.45, 2.75) is 19.8 Å². The molecule has 1 N–H and O–H groups in total. The summed E-state index contributed by atoms with van der Waals surface area (Å²) in [6.45, 7) is 4.18. The third kappa shape index (κ3) is 1.67. The Morgan fingerprint density at radius 3 is 2.94 bits per heavy atom. The van der Waals surface area contributed by atoms with Crippen LogP contribution < -0.4 is 5.56 Å². The molecule has 0 radical (unpaired) electrons. The van der Waals surface area contributed by atoms with E-state index in [0.29, 0.717) is 5.92 Å². The Hall–Kier alpha value is -1.88. The zero-order valence-electron chi connectivity index (χ0n) is 10.2. The van der Waals surface area contributed by atoms with Gasteiger partial charge in [0, 0.05) is 17.8 Å². The lowest BCUT2D eigenvalue weighted by atomic mass is 10.1. The highest BCUT2D eigenvalue weighted by Crippen LogP contribution is 2.24. The van der Waals surface area contributed by atoms with Gasteiger partial charge in [-0.15, -0.1) is 11.3 Å². The van der Waals surface area contributed by atoms with Crippen LogP contribution in [0.25, 0.3) is 16.2 Å². The molecule has 0 amide bonds. The molecule has 0 aliphatic rings. The number of nitrogens with one attached hydrogen (secondary N) is 1. The molecule has 18 heavy (non-hydrogen) atoms. The summed E-state index contributed by atoms with van der Waals surface area (Å²) >= 11 is 1.59. The van der Waals surface area contributed by atoms with E-state index < -0.39 is 0 Å². The predicted octanol–water partition coefficient (Wildman–Crippen LogP) is 2.87. The van der Waals surface area contributed by atoms with Gasteiger partial charge in [0.15, 0.2) is 5.65 Å². The number of thiophene rings is 1. The van der Waals surface area contributed by atoms with Crippen molar-refractivity contribution in [3.8, 4) is 10.6 Å². The fourth-order valence-corrected chi connectivity index (χ4v) is 2.66. The van der Waals surface area contributed by atoms with Gasteiger partial charge in [0.05, 0.1) is 10.6 Å². The fraction of sp³-hybridized carbons (Fsp3) is 0.231. The average Bonchev–Trinajstić information content (AvgIpc) is 2.97. The maximum Gasteiger partial charge on any atom is 0.273 e. The van der Waals surface area contributed by atoms with Crippen LogP contribution in [0.1, 0.15) is 25.3 Å². The summed E-state index contributed by atoms with van der Waals surface area (Å²) < 4.78 is 1.49. The van der Waals surface area contributed by atoms with Gasteiger partial charge in [-0.1, -0.05) is 19.9 Å². The number of hydrogen-bond acceptors (Lipinski definition) is 3. The molecule has 0 aliphatic heterocycles. The van der Waals surface area contributed by atoms with Crippen molar-refractivity contribution in [2.24, 2.45) is 0 Å². The van der Waals surface area contributed by atoms with Crippen molar-refractivity contribution in [2.75, 3.05) is 0 Å². The van der Waals surface area contributed by atoms with Crippen LogP contribution in [0.3, 0.4) is 0 Å². The summed E-state index contributed by atoms with van der Waals surface area (Å²) in [5.41, 5.74) is 2.46. The first-order valence-corrected chi connectivity index (χ1v) is 6.70. The zero-order valence-corrected chi connectivity index (χ0v) is 11.0. The normalized spacial score (nSPS) is 11.5. The molecule has 0 fully saturated rings. The molecule has 5 heteroatoms. The molecule has 0 aromatic carbocycles. The van der Waals surface area contributed by atoms with Gasteiger partial charge in [0.1, 0.15) is 0 Å². The van der Waals surface area contributed by atoms with E-state index in [1.54, 1.807) is 17.4 Å². The lowest BCUT2D eigenvalue weighted by Gasteiger charge is -2.02. The first-order chi connectivity index (χ1) is 8.66. The molecule has 4 nitrogen and oxygen atoms in total. The number of fused-ring (bicyclic) bond motifs is 1. The van der Waals surface area contributed by atoms with Gasteiger partial charge in [0.25, 0.3) is 5.56 Å². The molecule has 0 atom stereocenters. The van der Waals surface area contributed by atoms with Crippen molar-refractivity contribution < 1.29 is 0 Å². The minimum absolute atomic E-state index is 0.0738.